The molecule has 2 heteroatoms. The fourth-order valence-electron chi connectivity index (χ4n) is 0.665. The third kappa shape index (κ3) is 7.66. The lowest BCUT2D eigenvalue weighted by Crippen LogP contribution is -2.03. The molecule has 0 radical (unpaired) electrons. The summed E-state index contributed by atoms with van der Waals surface area (Å²) >= 11 is 0. The molecule has 0 rings (SSSR count). The first-order chi connectivity index (χ1) is 4.91. The molecular weight excluding hydrogens is 126 g/mol. The number of allylic oxidation sites excluding steroid dienone is 1. The van der Waals surface area contributed by atoms with Crippen molar-refractivity contribution in [1.82, 2.24) is 5.32 Å². The zero-order chi connectivity index (χ0) is 7.66. The molecule has 0 bridgehead atoms. The van der Waals surface area contributed by atoms with Gasteiger partial charge >= 0.3 is 0 Å². The summed E-state index contributed by atoms with van der Waals surface area (Å²) in [7, 11) is 3.68. The predicted molar refractivity (Wildman–Crippen MR) is 44.2 cm³/mol. The smallest absolute Gasteiger partial charge is 0.0465 e. The first kappa shape index (κ1) is 9.66. The lowest BCUT2D eigenvalue weighted by Gasteiger charge is -1.93. The van der Waals surface area contributed by atoms with Gasteiger partial charge in [0.2, 0.25) is 0 Å². The molecule has 0 aromatic carbocycles. The first-order valence-corrected chi connectivity index (χ1v) is 3.70. The lowest BCUT2D eigenvalue weighted by atomic mass is 10.3. The van der Waals surface area contributed by atoms with Crippen LogP contribution >= 0.6 is 0 Å². The Bertz CT molecular complexity index is 81.3. The van der Waals surface area contributed by atoms with Gasteiger partial charge in [0.1, 0.15) is 0 Å². The van der Waals surface area contributed by atoms with Gasteiger partial charge in [0.25, 0.3) is 0 Å². The predicted octanol–water partition coefficient (Wildman–Crippen LogP) is 1.19. The van der Waals surface area contributed by atoms with Crippen LogP contribution in [0.3, 0.4) is 0 Å². The molecule has 0 unspecified atom stereocenters. The van der Waals surface area contributed by atoms with Gasteiger partial charge in [-0.05, 0) is 19.9 Å². The van der Waals surface area contributed by atoms with E-state index in [4.69, 9.17) is 4.74 Å². The summed E-state index contributed by atoms with van der Waals surface area (Å²) in [5.41, 5.74) is 0. The van der Waals surface area contributed by atoms with Crippen LogP contribution in [0.5, 0.6) is 0 Å². The minimum Gasteiger partial charge on any atom is -0.385 e. The van der Waals surface area contributed by atoms with Crippen molar-refractivity contribution in [2.45, 2.75) is 12.8 Å². The number of nitrogens with one attached hydrogen (secondary N) is 1. The van der Waals surface area contributed by atoms with Crippen LogP contribution in [0.2, 0.25) is 0 Å². The topological polar surface area (TPSA) is 21.3 Å². The Hall–Kier alpha value is -0.340. The van der Waals surface area contributed by atoms with Gasteiger partial charge in [-0.3, -0.25) is 0 Å². The molecule has 0 aliphatic rings. The van der Waals surface area contributed by atoms with Crippen LogP contribution in [0.25, 0.3) is 0 Å². The summed E-state index contributed by atoms with van der Waals surface area (Å²) in [5, 5.41) is 3.04. The van der Waals surface area contributed by atoms with Crippen LogP contribution in [-0.4, -0.2) is 27.3 Å². The minimum atomic E-state index is 0.865. The van der Waals surface area contributed by atoms with Crippen molar-refractivity contribution in [3.63, 3.8) is 0 Å². The van der Waals surface area contributed by atoms with Crippen molar-refractivity contribution in [3.8, 4) is 0 Å². The Balaban J connectivity index is 2.88. The molecule has 1 N–H and O–H groups in total. The molecule has 0 fully saturated rings. The largest absolute Gasteiger partial charge is 0.385 e. The molecule has 0 atom stereocenters. The van der Waals surface area contributed by atoms with Crippen molar-refractivity contribution in [2.24, 2.45) is 0 Å². The van der Waals surface area contributed by atoms with Crippen LogP contribution in [0.15, 0.2) is 12.2 Å². The van der Waals surface area contributed by atoms with Crippen LogP contribution in [0.1, 0.15) is 12.8 Å². The maximum Gasteiger partial charge on any atom is 0.0465 e. The van der Waals surface area contributed by atoms with Gasteiger partial charge in [0, 0.05) is 20.3 Å². The van der Waals surface area contributed by atoms with E-state index in [0.29, 0.717) is 0 Å². The molecule has 0 aliphatic carbocycles. The van der Waals surface area contributed by atoms with E-state index in [9.17, 15) is 0 Å². The van der Waals surface area contributed by atoms with Gasteiger partial charge in [0.05, 0.1) is 0 Å². The van der Waals surface area contributed by atoms with E-state index in [0.717, 1.165) is 26.0 Å². The highest BCUT2D eigenvalue weighted by molar-refractivity contribution is 4.82. The SMILES string of the molecule is CNC/C=C\CCCOC. The Labute approximate surface area is 63.3 Å². The summed E-state index contributed by atoms with van der Waals surface area (Å²) in [4.78, 5) is 0. The number of hydrogen-bond acceptors (Lipinski definition) is 2. The lowest BCUT2D eigenvalue weighted by molar-refractivity contribution is 0.196. The third-order valence-electron chi connectivity index (χ3n) is 1.21. The first-order valence-electron chi connectivity index (χ1n) is 3.70. The highest BCUT2D eigenvalue weighted by Crippen LogP contribution is 1.89. The van der Waals surface area contributed by atoms with Gasteiger partial charge in [-0.1, -0.05) is 12.2 Å². The van der Waals surface area contributed by atoms with E-state index < -0.39 is 0 Å². The van der Waals surface area contributed by atoms with Gasteiger partial charge in [-0.15, -0.1) is 0 Å². The normalized spacial score (nSPS) is 11.0. The standard InChI is InChI=1S/C8H17NO/c1-9-7-5-3-4-6-8-10-2/h3,5,9H,4,6-8H2,1-2H3/b5-3-. The molecule has 0 aromatic rings. The molecule has 0 saturated heterocycles. The van der Waals surface area contributed by atoms with Gasteiger partial charge < -0.3 is 10.1 Å². The molecular formula is C8H17NO. The average molecular weight is 143 g/mol. The van der Waals surface area contributed by atoms with Crippen LogP contribution in [0.4, 0.5) is 0 Å². The Morgan fingerprint density at radius 3 is 2.80 bits per heavy atom. The van der Waals surface area contributed by atoms with E-state index in [1.165, 1.54) is 0 Å². The summed E-state index contributed by atoms with van der Waals surface area (Å²) < 4.78 is 4.90. The van der Waals surface area contributed by atoms with Crippen molar-refractivity contribution in [3.05, 3.63) is 12.2 Å². The molecule has 0 amide bonds. The number of unbranched alkanes of at least 4 members (excludes halogenated alkanes) is 1. The van der Waals surface area contributed by atoms with E-state index in [1.54, 1.807) is 7.11 Å². The zero-order valence-electron chi connectivity index (χ0n) is 6.89. The minimum absolute atomic E-state index is 0.865. The number of methoxy groups -OCH3 is 1. The van der Waals surface area contributed by atoms with Gasteiger partial charge in [-0.25, -0.2) is 0 Å². The fourth-order valence-corrected chi connectivity index (χ4v) is 0.665. The highest BCUT2D eigenvalue weighted by atomic mass is 16.5. The second-order valence-corrected chi connectivity index (χ2v) is 2.16. The molecule has 0 spiro atoms. The van der Waals surface area contributed by atoms with Gasteiger partial charge in [0.15, 0.2) is 0 Å². The molecule has 0 saturated carbocycles. The van der Waals surface area contributed by atoms with Crippen molar-refractivity contribution in [1.29, 1.82) is 0 Å². The van der Waals surface area contributed by atoms with E-state index in [2.05, 4.69) is 17.5 Å². The number of likely N-dealkylation sites (N-methyl/N-ethyl adjacent to an activating group) is 1. The monoisotopic (exact) mass is 143 g/mol. The summed E-state index contributed by atoms with van der Waals surface area (Å²) in [6.07, 6.45) is 6.55. The van der Waals surface area contributed by atoms with Crippen LogP contribution in [-0.2, 0) is 4.74 Å². The van der Waals surface area contributed by atoms with Crippen molar-refractivity contribution >= 4 is 0 Å². The zero-order valence-corrected chi connectivity index (χ0v) is 6.89. The van der Waals surface area contributed by atoms with E-state index in [1.807, 2.05) is 7.05 Å². The molecule has 0 aliphatic heterocycles. The van der Waals surface area contributed by atoms with Crippen LogP contribution < -0.4 is 5.32 Å². The molecule has 60 valence electrons. The number of rotatable bonds is 6. The van der Waals surface area contributed by atoms with E-state index in [-0.39, 0.29) is 0 Å². The highest BCUT2D eigenvalue weighted by Gasteiger charge is 1.79. The fraction of sp³-hybridized carbons (Fsp3) is 0.750. The molecule has 0 aromatic heterocycles. The second-order valence-electron chi connectivity index (χ2n) is 2.16. The quantitative estimate of drug-likeness (QED) is 0.445. The number of hydrogen-bond donors (Lipinski definition) is 1. The molecule has 10 heavy (non-hydrogen) atoms. The maximum absolute atomic E-state index is 4.90. The van der Waals surface area contributed by atoms with E-state index >= 15 is 0 Å². The third-order valence-corrected chi connectivity index (χ3v) is 1.21. The van der Waals surface area contributed by atoms with Crippen LogP contribution in [0, 0.1) is 0 Å². The van der Waals surface area contributed by atoms with Crippen molar-refractivity contribution in [2.75, 3.05) is 27.3 Å². The Morgan fingerprint density at radius 1 is 1.40 bits per heavy atom. The summed E-state index contributed by atoms with van der Waals surface area (Å²) in [6.45, 7) is 1.83. The second kappa shape index (κ2) is 8.66. The van der Waals surface area contributed by atoms with Crippen molar-refractivity contribution < 1.29 is 4.74 Å². The average Bonchev–Trinajstić information content (AvgIpc) is 1.97. The summed E-state index contributed by atoms with van der Waals surface area (Å²) in [5.74, 6) is 0. The maximum atomic E-state index is 4.90. The Morgan fingerprint density at radius 2 is 2.20 bits per heavy atom. The molecule has 2 nitrogen and oxygen atoms in total. The molecule has 0 heterocycles. The Kier molecular flexibility index (Phi) is 8.37. The summed E-state index contributed by atoms with van der Waals surface area (Å²) in [6, 6.07) is 0. The van der Waals surface area contributed by atoms with Gasteiger partial charge in [-0.2, -0.15) is 0 Å². The number of ether oxygens (including phenoxy) is 1.